The van der Waals surface area contributed by atoms with Gasteiger partial charge >= 0.3 is 0 Å². The molecule has 1 aromatic rings. The lowest BCUT2D eigenvalue weighted by molar-refractivity contribution is -0.114. The summed E-state index contributed by atoms with van der Waals surface area (Å²) in [5, 5.41) is 24.4. The Hall–Kier alpha value is -1.89. The second-order valence-corrected chi connectivity index (χ2v) is 4.60. The molecule has 0 unspecified atom stereocenters. The number of amides is 1. The molecule has 0 aliphatic heterocycles. The zero-order valence-electron chi connectivity index (χ0n) is 11.9. The predicted molar refractivity (Wildman–Crippen MR) is 76.6 cm³/mol. The van der Waals surface area contributed by atoms with Crippen LogP contribution in [-0.2, 0) is 4.79 Å². The molecule has 20 heavy (non-hydrogen) atoms. The molecule has 0 saturated carbocycles. The van der Waals surface area contributed by atoms with Crippen molar-refractivity contribution in [3.63, 3.8) is 0 Å². The molecule has 0 bridgehead atoms. The second kappa shape index (κ2) is 8.31. The number of aromatic hydroxyl groups is 1. The third-order valence-electron chi connectivity index (χ3n) is 2.78. The molecule has 7 nitrogen and oxygen atoms in total. The van der Waals surface area contributed by atoms with E-state index in [4.69, 9.17) is 5.11 Å². The number of nitrogens with zero attached hydrogens (tertiary/aromatic N) is 2. The molecule has 0 fully saturated rings. The average molecular weight is 282 g/mol. The highest BCUT2D eigenvalue weighted by atomic mass is 16.3. The first-order valence-corrected chi connectivity index (χ1v) is 6.77. The molecule has 4 N–H and O–H groups in total. The summed E-state index contributed by atoms with van der Waals surface area (Å²) >= 11 is 0. The van der Waals surface area contributed by atoms with Crippen molar-refractivity contribution >= 4 is 17.7 Å². The maximum Gasteiger partial charge on any atom is 0.231 e. The number of hydrogen-bond donors (Lipinski definition) is 4. The standard InChI is InChI=1S/C13H22N4O3/c1-3-4-5-10(6-7-18)16-12-11(20)8-14-13(17-12)15-9(2)19/h8,10,18,20H,3-7H2,1-2H3,(H2,14,15,16,17,19)/t10-/m0/s1. The Kier molecular flexibility index (Phi) is 6.72. The van der Waals surface area contributed by atoms with Gasteiger partial charge in [-0.2, -0.15) is 4.98 Å². The van der Waals surface area contributed by atoms with Crippen molar-refractivity contribution in [2.45, 2.75) is 45.6 Å². The molecule has 1 amide bonds. The minimum Gasteiger partial charge on any atom is -0.503 e. The highest BCUT2D eigenvalue weighted by Crippen LogP contribution is 2.23. The Morgan fingerprint density at radius 1 is 1.45 bits per heavy atom. The Morgan fingerprint density at radius 2 is 2.20 bits per heavy atom. The van der Waals surface area contributed by atoms with Gasteiger partial charge in [-0.15, -0.1) is 0 Å². The van der Waals surface area contributed by atoms with Gasteiger partial charge in [0.15, 0.2) is 11.6 Å². The molecule has 0 spiro atoms. The van der Waals surface area contributed by atoms with Gasteiger partial charge in [-0.25, -0.2) is 4.98 Å². The van der Waals surface area contributed by atoms with E-state index in [1.807, 2.05) is 0 Å². The van der Waals surface area contributed by atoms with Crippen molar-refractivity contribution in [3.8, 4) is 5.75 Å². The van der Waals surface area contributed by atoms with Gasteiger partial charge in [0, 0.05) is 19.6 Å². The number of hydrogen-bond acceptors (Lipinski definition) is 6. The van der Waals surface area contributed by atoms with E-state index in [2.05, 4.69) is 27.5 Å². The monoisotopic (exact) mass is 282 g/mol. The van der Waals surface area contributed by atoms with E-state index in [0.29, 0.717) is 6.42 Å². The smallest absolute Gasteiger partial charge is 0.231 e. The van der Waals surface area contributed by atoms with E-state index in [-0.39, 0.29) is 36.1 Å². The third-order valence-corrected chi connectivity index (χ3v) is 2.78. The van der Waals surface area contributed by atoms with Crippen molar-refractivity contribution < 1.29 is 15.0 Å². The van der Waals surface area contributed by atoms with Gasteiger partial charge in [0.1, 0.15) is 0 Å². The first-order valence-electron chi connectivity index (χ1n) is 6.77. The molecular formula is C13H22N4O3. The lowest BCUT2D eigenvalue weighted by Crippen LogP contribution is -2.22. The van der Waals surface area contributed by atoms with E-state index in [0.717, 1.165) is 19.3 Å². The number of nitrogens with one attached hydrogen (secondary N) is 2. The van der Waals surface area contributed by atoms with Crippen LogP contribution in [0.1, 0.15) is 39.5 Å². The summed E-state index contributed by atoms with van der Waals surface area (Å²) in [5.41, 5.74) is 0. The number of carbonyl (C=O) groups excluding carboxylic acids is 1. The maximum absolute atomic E-state index is 11.0. The molecule has 0 radical (unpaired) electrons. The van der Waals surface area contributed by atoms with Crippen molar-refractivity contribution in [1.82, 2.24) is 9.97 Å². The molecular weight excluding hydrogens is 260 g/mol. The first kappa shape index (κ1) is 16.2. The van der Waals surface area contributed by atoms with Gasteiger partial charge in [-0.1, -0.05) is 19.8 Å². The number of aromatic nitrogens is 2. The normalized spacial score (nSPS) is 11.9. The number of aliphatic hydroxyl groups excluding tert-OH is 1. The van der Waals surface area contributed by atoms with Gasteiger partial charge in [0.25, 0.3) is 0 Å². The summed E-state index contributed by atoms with van der Waals surface area (Å²) in [7, 11) is 0. The van der Waals surface area contributed by atoms with E-state index in [9.17, 15) is 9.90 Å². The quantitative estimate of drug-likeness (QED) is 0.575. The molecule has 0 aromatic carbocycles. The van der Waals surface area contributed by atoms with Gasteiger partial charge in [-0.3, -0.25) is 10.1 Å². The van der Waals surface area contributed by atoms with Crippen LogP contribution in [0.3, 0.4) is 0 Å². The zero-order valence-corrected chi connectivity index (χ0v) is 11.9. The van der Waals surface area contributed by atoms with Crippen LogP contribution in [0.2, 0.25) is 0 Å². The fourth-order valence-electron chi connectivity index (χ4n) is 1.79. The van der Waals surface area contributed by atoms with Crippen LogP contribution in [0.5, 0.6) is 5.75 Å². The predicted octanol–water partition coefficient (Wildman–Crippen LogP) is 1.49. The number of aliphatic hydroxyl groups is 1. The highest BCUT2D eigenvalue weighted by Gasteiger charge is 2.13. The van der Waals surface area contributed by atoms with Crippen LogP contribution in [0, 0.1) is 0 Å². The zero-order chi connectivity index (χ0) is 15.0. The average Bonchev–Trinajstić information content (AvgIpc) is 2.39. The van der Waals surface area contributed by atoms with Crippen LogP contribution in [0.4, 0.5) is 11.8 Å². The number of rotatable bonds is 8. The number of carbonyl (C=O) groups is 1. The van der Waals surface area contributed by atoms with Gasteiger partial charge in [0.05, 0.1) is 6.20 Å². The summed E-state index contributed by atoms with van der Waals surface area (Å²) in [6.07, 6.45) is 4.74. The van der Waals surface area contributed by atoms with Crippen molar-refractivity contribution in [1.29, 1.82) is 0 Å². The van der Waals surface area contributed by atoms with E-state index >= 15 is 0 Å². The van der Waals surface area contributed by atoms with Gasteiger partial charge in [-0.05, 0) is 12.8 Å². The fraction of sp³-hybridized carbons (Fsp3) is 0.615. The van der Waals surface area contributed by atoms with Crippen LogP contribution < -0.4 is 10.6 Å². The van der Waals surface area contributed by atoms with Crippen LogP contribution >= 0.6 is 0 Å². The van der Waals surface area contributed by atoms with Gasteiger partial charge < -0.3 is 15.5 Å². The number of unbranched alkanes of at least 4 members (excludes halogenated alkanes) is 1. The molecule has 0 saturated heterocycles. The minimum absolute atomic E-state index is 0.0194. The summed E-state index contributed by atoms with van der Waals surface area (Å²) in [6.45, 7) is 3.51. The van der Waals surface area contributed by atoms with Gasteiger partial charge in [0.2, 0.25) is 11.9 Å². The van der Waals surface area contributed by atoms with Crippen molar-refractivity contribution in [2.24, 2.45) is 0 Å². The number of anilines is 2. The molecule has 112 valence electrons. The molecule has 0 aliphatic carbocycles. The van der Waals surface area contributed by atoms with E-state index in [1.54, 1.807) is 0 Å². The van der Waals surface area contributed by atoms with E-state index in [1.165, 1.54) is 13.1 Å². The summed E-state index contributed by atoms with van der Waals surface area (Å²) in [4.78, 5) is 18.8. The van der Waals surface area contributed by atoms with E-state index < -0.39 is 0 Å². The molecule has 1 aromatic heterocycles. The molecule has 7 heteroatoms. The summed E-state index contributed by atoms with van der Waals surface area (Å²) in [5.74, 6) is 0.0346. The molecule has 0 aliphatic rings. The SMILES string of the molecule is CCCC[C@@H](CCO)Nc1nc(NC(C)=O)ncc1O. The molecule has 1 atom stereocenters. The summed E-state index contributed by atoms with van der Waals surface area (Å²) < 4.78 is 0. The van der Waals surface area contributed by atoms with Crippen LogP contribution in [-0.4, -0.2) is 38.7 Å². The Morgan fingerprint density at radius 3 is 2.80 bits per heavy atom. The fourth-order valence-corrected chi connectivity index (χ4v) is 1.79. The Labute approximate surface area is 118 Å². The molecule has 1 heterocycles. The Bertz CT molecular complexity index is 440. The lowest BCUT2D eigenvalue weighted by Gasteiger charge is -2.19. The highest BCUT2D eigenvalue weighted by molar-refractivity contribution is 5.86. The lowest BCUT2D eigenvalue weighted by atomic mass is 10.1. The third kappa shape index (κ3) is 5.40. The summed E-state index contributed by atoms with van der Waals surface area (Å²) in [6, 6.07) is 0.0194. The van der Waals surface area contributed by atoms with Crippen molar-refractivity contribution in [3.05, 3.63) is 6.20 Å². The van der Waals surface area contributed by atoms with Crippen LogP contribution in [0.15, 0.2) is 6.20 Å². The molecule has 1 rings (SSSR count). The van der Waals surface area contributed by atoms with Crippen LogP contribution in [0.25, 0.3) is 0 Å². The second-order valence-electron chi connectivity index (χ2n) is 4.60. The minimum atomic E-state index is -0.278. The largest absolute Gasteiger partial charge is 0.503 e. The Balaban J connectivity index is 2.78. The maximum atomic E-state index is 11.0. The van der Waals surface area contributed by atoms with Crippen molar-refractivity contribution in [2.75, 3.05) is 17.2 Å². The topological polar surface area (TPSA) is 107 Å². The first-order chi connectivity index (χ1) is 9.56.